The Morgan fingerprint density at radius 2 is 2.30 bits per heavy atom. The lowest BCUT2D eigenvalue weighted by Crippen LogP contribution is -2.43. The van der Waals surface area contributed by atoms with Crippen LogP contribution >= 0.6 is 11.8 Å². The third-order valence-electron chi connectivity index (χ3n) is 3.98. The van der Waals surface area contributed by atoms with Crippen LogP contribution in [0.2, 0.25) is 0 Å². The molecule has 1 saturated heterocycles. The predicted octanol–water partition coefficient (Wildman–Crippen LogP) is 2.62. The summed E-state index contributed by atoms with van der Waals surface area (Å²) in [4.78, 5) is 23.2. The Balaban J connectivity index is 1.57. The fourth-order valence-corrected chi connectivity index (χ4v) is 3.10. The lowest BCUT2D eigenvalue weighted by molar-refractivity contribution is -0.122. The van der Waals surface area contributed by atoms with Gasteiger partial charge in [0.25, 0.3) is 5.24 Å². The second-order valence-corrected chi connectivity index (χ2v) is 6.96. The van der Waals surface area contributed by atoms with Gasteiger partial charge in [-0.15, -0.1) is 0 Å². The summed E-state index contributed by atoms with van der Waals surface area (Å²) in [6.07, 6.45) is 2.30. The van der Waals surface area contributed by atoms with Crippen molar-refractivity contribution >= 4 is 22.9 Å². The molecule has 3 rings (SSSR count). The molecule has 0 unspecified atom stereocenters. The first-order valence-corrected chi connectivity index (χ1v) is 8.67. The summed E-state index contributed by atoms with van der Waals surface area (Å²) >= 11 is 1.09. The Labute approximate surface area is 138 Å². The zero-order valence-electron chi connectivity index (χ0n) is 12.8. The standard InChI is InChI=1S/C16H19FN2O3S/c1-9(18-15(20)13-8-23-16(21)19-13)11-4-5-14(12(17)6-11)22-7-10-2-3-10/h4-6,9-10,13H,2-3,7-8H2,1H3,(H,18,20)(H,19,21)/t9-,13-/m1/s1. The molecule has 7 heteroatoms. The molecule has 124 valence electrons. The molecular formula is C16H19FN2O3S. The van der Waals surface area contributed by atoms with Gasteiger partial charge >= 0.3 is 0 Å². The normalized spacial score (nSPS) is 21.7. The molecule has 0 spiro atoms. The van der Waals surface area contributed by atoms with Crippen LogP contribution < -0.4 is 15.4 Å². The number of nitrogens with one attached hydrogen (secondary N) is 2. The molecule has 5 nitrogen and oxygen atoms in total. The zero-order valence-corrected chi connectivity index (χ0v) is 13.6. The summed E-state index contributed by atoms with van der Waals surface area (Å²) < 4.78 is 19.5. The topological polar surface area (TPSA) is 67.4 Å². The second-order valence-electron chi connectivity index (χ2n) is 5.97. The molecular weight excluding hydrogens is 319 g/mol. The van der Waals surface area contributed by atoms with Crippen LogP contribution in [0.25, 0.3) is 0 Å². The minimum absolute atomic E-state index is 0.194. The fraction of sp³-hybridized carbons (Fsp3) is 0.500. The van der Waals surface area contributed by atoms with E-state index in [2.05, 4.69) is 10.6 Å². The summed E-state index contributed by atoms with van der Waals surface area (Å²) in [7, 11) is 0. The minimum atomic E-state index is -0.527. The van der Waals surface area contributed by atoms with Gasteiger partial charge in [-0.1, -0.05) is 17.8 Å². The van der Waals surface area contributed by atoms with E-state index in [0.29, 0.717) is 23.8 Å². The molecule has 0 bridgehead atoms. The SMILES string of the molecule is C[C@@H](NC(=O)[C@H]1CSC(=O)N1)c1ccc(OCC2CC2)c(F)c1. The number of thioether (sulfide) groups is 1. The number of carbonyl (C=O) groups excluding carboxylic acids is 2. The number of hydrogen-bond donors (Lipinski definition) is 2. The van der Waals surface area contributed by atoms with Gasteiger partial charge in [-0.25, -0.2) is 4.39 Å². The first-order chi connectivity index (χ1) is 11.0. The quantitative estimate of drug-likeness (QED) is 0.837. The number of hydrogen-bond acceptors (Lipinski definition) is 4. The maximum absolute atomic E-state index is 14.1. The van der Waals surface area contributed by atoms with E-state index in [1.54, 1.807) is 19.1 Å². The summed E-state index contributed by atoms with van der Waals surface area (Å²) in [6.45, 7) is 2.34. The van der Waals surface area contributed by atoms with Crippen LogP contribution in [0.5, 0.6) is 5.75 Å². The van der Waals surface area contributed by atoms with Crippen LogP contribution in [0.4, 0.5) is 9.18 Å². The van der Waals surface area contributed by atoms with Crippen molar-refractivity contribution in [1.29, 1.82) is 0 Å². The number of rotatable bonds is 6. The molecule has 0 radical (unpaired) electrons. The highest BCUT2D eigenvalue weighted by Gasteiger charge is 2.29. The van der Waals surface area contributed by atoms with Crippen molar-refractivity contribution in [2.24, 2.45) is 5.92 Å². The van der Waals surface area contributed by atoms with E-state index >= 15 is 0 Å². The summed E-state index contributed by atoms with van der Waals surface area (Å²) in [5.74, 6) is 0.546. The van der Waals surface area contributed by atoms with Crippen molar-refractivity contribution in [2.45, 2.75) is 31.8 Å². The van der Waals surface area contributed by atoms with Crippen molar-refractivity contribution in [2.75, 3.05) is 12.4 Å². The average molecular weight is 338 g/mol. The van der Waals surface area contributed by atoms with Crippen molar-refractivity contribution in [3.8, 4) is 5.75 Å². The van der Waals surface area contributed by atoms with Gasteiger partial charge in [0.2, 0.25) is 5.91 Å². The monoisotopic (exact) mass is 338 g/mol. The first kappa shape index (κ1) is 16.1. The van der Waals surface area contributed by atoms with Gasteiger partial charge in [-0.3, -0.25) is 9.59 Å². The van der Waals surface area contributed by atoms with Crippen LogP contribution in [0, 0.1) is 11.7 Å². The van der Waals surface area contributed by atoms with Gasteiger partial charge in [-0.05, 0) is 43.4 Å². The minimum Gasteiger partial charge on any atom is -0.490 e. The molecule has 1 saturated carbocycles. The molecule has 0 aromatic heterocycles. The van der Waals surface area contributed by atoms with E-state index < -0.39 is 11.9 Å². The fourth-order valence-electron chi connectivity index (χ4n) is 2.32. The highest BCUT2D eigenvalue weighted by molar-refractivity contribution is 8.14. The molecule has 1 aliphatic carbocycles. The lowest BCUT2D eigenvalue weighted by Gasteiger charge is -2.18. The van der Waals surface area contributed by atoms with Crippen LogP contribution in [0.1, 0.15) is 31.4 Å². The maximum Gasteiger partial charge on any atom is 0.279 e. The number of ether oxygens (including phenoxy) is 1. The van der Waals surface area contributed by atoms with Crippen LogP contribution in [-0.4, -0.2) is 29.5 Å². The van der Waals surface area contributed by atoms with Crippen molar-refractivity contribution < 1.29 is 18.7 Å². The maximum atomic E-state index is 14.1. The van der Waals surface area contributed by atoms with Gasteiger partial charge < -0.3 is 15.4 Å². The number of carbonyl (C=O) groups is 2. The highest BCUT2D eigenvalue weighted by atomic mass is 32.2. The summed E-state index contributed by atoms with van der Waals surface area (Å²) in [6, 6.07) is 3.86. The molecule has 1 aliphatic heterocycles. The van der Waals surface area contributed by atoms with E-state index in [9.17, 15) is 14.0 Å². The Morgan fingerprint density at radius 3 is 2.91 bits per heavy atom. The molecule has 1 aromatic rings. The Bertz CT molecular complexity index is 621. The van der Waals surface area contributed by atoms with E-state index in [-0.39, 0.29) is 22.9 Å². The molecule has 23 heavy (non-hydrogen) atoms. The molecule has 2 aliphatic rings. The lowest BCUT2D eigenvalue weighted by atomic mass is 10.1. The third kappa shape index (κ3) is 4.16. The molecule has 1 aromatic carbocycles. The summed E-state index contributed by atoms with van der Waals surface area (Å²) in [5.41, 5.74) is 0.659. The molecule has 2 atom stereocenters. The van der Waals surface area contributed by atoms with E-state index in [4.69, 9.17) is 4.74 Å². The average Bonchev–Trinajstić information content (AvgIpc) is 3.25. The van der Waals surface area contributed by atoms with Crippen molar-refractivity contribution in [3.63, 3.8) is 0 Å². The Hall–Kier alpha value is -1.76. The van der Waals surface area contributed by atoms with Gasteiger partial charge in [0.1, 0.15) is 6.04 Å². The molecule has 2 N–H and O–H groups in total. The summed E-state index contributed by atoms with van der Waals surface area (Å²) in [5, 5.41) is 5.18. The number of amides is 2. The third-order valence-corrected chi connectivity index (χ3v) is 4.86. The number of benzene rings is 1. The predicted molar refractivity (Wildman–Crippen MR) is 86.0 cm³/mol. The van der Waals surface area contributed by atoms with Gasteiger partial charge in [0.05, 0.1) is 12.6 Å². The molecule has 2 fully saturated rings. The first-order valence-electron chi connectivity index (χ1n) is 7.69. The second kappa shape index (κ2) is 6.78. The van der Waals surface area contributed by atoms with Crippen LogP contribution in [-0.2, 0) is 4.79 Å². The zero-order chi connectivity index (χ0) is 16.4. The Morgan fingerprint density at radius 1 is 1.52 bits per heavy atom. The van der Waals surface area contributed by atoms with Crippen LogP contribution in [0.3, 0.4) is 0 Å². The number of halogens is 1. The van der Waals surface area contributed by atoms with Crippen molar-refractivity contribution in [3.05, 3.63) is 29.6 Å². The Kier molecular flexibility index (Phi) is 4.75. The smallest absolute Gasteiger partial charge is 0.279 e. The van der Waals surface area contributed by atoms with E-state index in [1.807, 2.05) is 0 Å². The molecule has 2 amide bonds. The van der Waals surface area contributed by atoms with Crippen LogP contribution in [0.15, 0.2) is 18.2 Å². The van der Waals surface area contributed by atoms with Gasteiger partial charge in [0, 0.05) is 5.75 Å². The van der Waals surface area contributed by atoms with Gasteiger partial charge in [-0.2, -0.15) is 0 Å². The molecule has 1 heterocycles. The van der Waals surface area contributed by atoms with E-state index in [0.717, 1.165) is 24.6 Å². The van der Waals surface area contributed by atoms with Crippen molar-refractivity contribution in [1.82, 2.24) is 10.6 Å². The largest absolute Gasteiger partial charge is 0.490 e. The van der Waals surface area contributed by atoms with E-state index in [1.165, 1.54) is 6.07 Å². The highest BCUT2D eigenvalue weighted by Crippen LogP contribution is 2.30. The van der Waals surface area contributed by atoms with Gasteiger partial charge in [0.15, 0.2) is 11.6 Å².